The summed E-state index contributed by atoms with van der Waals surface area (Å²) in [5, 5.41) is 10.9. The zero-order valence-corrected chi connectivity index (χ0v) is 19.5. The maximum atomic E-state index is 13.0. The van der Waals surface area contributed by atoms with Crippen molar-refractivity contribution in [3.63, 3.8) is 0 Å². The number of rotatable bonds is 7. The van der Waals surface area contributed by atoms with Gasteiger partial charge < -0.3 is 19.3 Å². The molecule has 1 N–H and O–H groups in total. The average molecular weight is 456 g/mol. The monoisotopic (exact) mass is 455 g/mol. The van der Waals surface area contributed by atoms with E-state index in [4.69, 9.17) is 9.72 Å². The first kappa shape index (κ1) is 22.2. The number of imidazole rings is 1. The van der Waals surface area contributed by atoms with E-state index in [1.54, 1.807) is 0 Å². The summed E-state index contributed by atoms with van der Waals surface area (Å²) in [6.45, 7) is 5.10. The van der Waals surface area contributed by atoms with Gasteiger partial charge in [-0.15, -0.1) is 0 Å². The molecule has 6 nitrogen and oxygen atoms in total. The molecule has 0 radical (unpaired) electrons. The Morgan fingerprint density at radius 2 is 1.71 bits per heavy atom. The van der Waals surface area contributed by atoms with Crippen LogP contribution in [0.3, 0.4) is 0 Å². The lowest BCUT2D eigenvalue weighted by molar-refractivity contribution is -0.117. The summed E-state index contributed by atoms with van der Waals surface area (Å²) in [5.41, 5.74) is 4.88. The van der Waals surface area contributed by atoms with Crippen molar-refractivity contribution in [3.8, 4) is 5.75 Å². The van der Waals surface area contributed by atoms with Crippen molar-refractivity contribution in [1.82, 2.24) is 9.55 Å². The number of amides is 1. The van der Waals surface area contributed by atoms with E-state index in [1.807, 2.05) is 91.5 Å². The predicted molar refractivity (Wildman–Crippen MR) is 133 cm³/mol. The van der Waals surface area contributed by atoms with Crippen LogP contribution in [0.15, 0.2) is 72.8 Å². The number of hydrogen-bond acceptors (Lipinski definition) is 4. The Bertz CT molecular complexity index is 1330. The van der Waals surface area contributed by atoms with Gasteiger partial charge in [-0.05, 0) is 49.2 Å². The van der Waals surface area contributed by atoms with Crippen molar-refractivity contribution in [2.45, 2.75) is 38.8 Å². The molecule has 3 aromatic carbocycles. The van der Waals surface area contributed by atoms with Crippen molar-refractivity contribution in [3.05, 3.63) is 89.7 Å². The molecule has 174 valence electrons. The molecule has 1 aromatic heterocycles. The Morgan fingerprint density at radius 1 is 1.00 bits per heavy atom. The molecule has 1 fully saturated rings. The number of hydrogen-bond donors (Lipinski definition) is 1. The molecule has 0 saturated carbocycles. The van der Waals surface area contributed by atoms with Crippen molar-refractivity contribution in [2.75, 3.05) is 18.1 Å². The number of carbonyl (C=O) groups is 1. The van der Waals surface area contributed by atoms with Gasteiger partial charge in [-0.2, -0.15) is 0 Å². The first-order valence-corrected chi connectivity index (χ1v) is 11.7. The highest BCUT2D eigenvalue weighted by Gasteiger charge is 2.35. The number of aliphatic hydroxyl groups excluding tert-OH is 1. The quantitative estimate of drug-likeness (QED) is 0.442. The number of fused-ring (bicyclic) bond motifs is 1. The van der Waals surface area contributed by atoms with Gasteiger partial charge in [0.1, 0.15) is 24.3 Å². The van der Waals surface area contributed by atoms with Crippen molar-refractivity contribution < 1.29 is 14.6 Å². The van der Waals surface area contributed by atoms with E-state index in [1.165, 1.54) is 0 Å². The summed E-state index contributed by atoms with van der Waals surface area (Å²) in [4.78, 5) is 19.7. The zero-order valence-electron chi connectivity index (χ0n) is 19.5. The molecule has 1 amide bonds. The number of aryl methyl sites for hydroxylation is 2. The van der Waals surface area contributed by atoms with Crippen molar-refractivity contribution in [2.24, 2.45) is 0 Å². The number of benzene rings is 3. The van der Waals surface area contributed by atoms with Crippen LogP contribution in [0.5, 0.6) is 5.75 Å². The molecular formula is C28H29N3O3. The fraction of sp³-hybridized carbons (Fsp3) is 0.286. The number of nitrogens with zero attached hydrogens (tertiary/aromatic N) is 3. The molecular weight excluding hydrogens is 426 g/mol. The molecule has 6 heteroatoms. The average Bonchev–Trinajstić information content (AvgIpc) is 3.39. The second kappa shape index (κ2) is 9.31. The highest BCUT2D eigenvalue weighted by Crippen LogP contribution is 2.34. The molecule has 0 aliphatic carbocycles. The minimum atomic E-state index is -0.722. The van der Waals surface area contributed by atoms with Gasteiger partial charge >= 0.3 is 0 Å². The van der Waals surface area contributed by atoms with E-state index in [9.17, 15) is 9.90 Å². The van der Waals surface area contributed by atoms with Crippen LogP contribution in [-0.2, 0) is 11.3 Å². The highest BCUT2D eigenvalue weighted by molar-refractivity contribution is 5.97. The number of carbonyl (C=O) groups excluding carboxylic acids is 1. The Kier molecular flexibility index (Phi) is 6.07. The standard InChI is InChI=1S/C28H29N3O3/c1-19-9-3-6-12-24(19)30-16-21(15-27(30)33)28-29-23-11-5-7-13-25(23)31(28)17-22(32)18-34-26-14-8-4-10-20(26)2/h3-14,21-22,32H,15-18H2,1-2H3/t21-,22+/m0/s1. The molecule has 1 aliphatic rings. The minimum Gasteiger partial charge on any atom is -0.491 e. The van der Waals surface area contributed by atoms with Crippen LogP contribution in [0.1, 0.15) is 29.3 Å². The first-order chi connectivity index (χ1) is 16.5. The molecule has 0 unspecified atom stereocenters. The lowest BCUT2D eigenvalue weighted by Gasteiger charge is -2.20. The maximum absolute atomic E-state index is 13.0. The first-order valence-electron chi connectivity index (χ1n) is 11.7. The van der Waals surface area contributed by atoms with Crippen LogP contribution in [0.4, 0.5) is 5.69 Å². The summed E-state index contributed by atoms with van der Waals surface area (Å²) in [6, 6.07) is 23.7. The van der Waals surface area contributed by atoms with Gasteiger partial charge in [0.05, 0.1) is 17.6 Å². The normalized spacial score (nSPS) is 16.9. The van der Waals surface area contributed by atoms with Gasteiger partial charge in [-0.25, -0.2) is 4.98 Å². The molecule has 2 heterocycles. The number of anilines is 1. The number of ether oxygens (including phenoxy) is 1. The highest BCUT2D eigenvalue weighted by atomic mass is 16.5. The Hall–Kier alpha value is -3.64. The smallest absolute Gasteiger partial charge is 0.227 e. The van der Waals surface area contributed by atoms with Crippen LogP contribution in [0.25, 0.3) is 11.0 Å². The van der Waals surface area contributed by atoms with Crippen LogP contribution in [0.2, 0.25) is 0 Å². The van der Waals surface area contributed by atoms with Gasteiger partial charge in [0.25, 0.3) is 0 Å². The molecule has 1 aliphatic heterocycles. The molecule has 2 atom stereocenters. The van der Waals surface area contributed by atoms with Crippen LogP contribution in [-0.4, -0.2) is 39.8 Å². The van der Waals surface area contributed by atoms with E-state index in [2.05, 4.69) is 4.57 Å². The molecule has 5 rings (SSSR count). The van der Waals surface area contributed by atoms with E-state index >= 15 is 0 Å². The Balaban J connectivity index is 1.40. The van der Waals surface area contributed by atoms with E-state index < -0.39 is 6.10 Å². The number of aromatic nitrogens is 2. The molecule has 4 aromatic rings. The van der Waals surface area contributed by atoms with Gasteiger partial charge in [-0.3, -0.25) is 4.79 Å². The maximum Gasteiger partial charge on any atom is 0.227 e. The minimum absolute atomic E-state index is 0.0519. The molecule has 34 heavy (non-hydrogen) atoms. The molecule has 0 bridgehead atoms. The summed E-state index contributed by atoms with van der Waals surface area (Å²) in [5.74, 6) is 1.65. The van der Waals surface area contributed by atoms with Gasteiger partial charge in [0, 0.05) is 24.6 Å². The van der Waals surface area contributed by atoms with Crippen LogP contribution >= 0.6 is 0 Å². The van der Waals surface area contributed by atoms with Gasteiger partial charge in [-0.1, -0.05) is 48.5 Å². The lowest BCUT2D eigenvalue weighted by atomic mass is 10.1. The Morgan fingerprint density at radius 3 is 2.50 bits per heavy atom. The predicted octanol–water partition coefficient (Wildman–Crippen LogP) is 4.61. The Labute approximate surface area is 199 Å². The zero-order chi connectivity index (χ0) is 23.7. The van der Waals surface area contributed by atoms with Gasteiger partial charge in [0.2, 0.25) is 5.91 Å². The summed E-state index contributed by atoms with van der Waals surface area (Å²) in [7, 11) is 0. The second-order valence-electron chi connectivity index (χ2n) is 8.99. The van der Waals surface area contributed by atoms with Crippen LogP contribution < -0.4 is 9.64 Å². The van der Waals surface area contributed by atoms with E-state index in [0.717, 1.165) is 39.4 Å². The SMILES string of the molecule is Cc1ccccc1OC[C@H](O)Cn1c([C@H]2CC(=O)N(c3ccccc3C)C2)nc2ccccc21. The molecule has 0 spiro atoms. The topological polar surface area (TPSA) is 67.6 Å². The number of para-hydroxylation sites is 4. The van der Waals surface area contributed by atoms with E-state index in [0.29, 0.717) is 19.5 Å². The largest absolute Gasteiger partial charge is 0.491 e. The van der Waals surface area contributed by atoms with E-state index in [-0.39, 0.29) is 18.4 Å². The third-order valence-electron chi connectivity index (χ3n) is 6.50. The lowest BCUT2D eigenvalue weighted by Crippen LogP contribution is -2.27. The summed E-state index contributed by atoms with van der Waals surface area (Å²) >= 11 is 0. The van der Waals surface area contributed by atoms with Crippen LogP contribution in [0, 0.1) is 13.8 Å². The third-order valence-corrected chi connectivity index (χ3v) is 6.50. The number of aliphatic hydroxyl groups is 1. The summed E-state index contributed by atoms with van der Waals surface area (Å²) < 4.78 is 7.94. The molecule has 1 saturated heterocycles. The fourth-order valence-corrected chi connectivity index (χ4v) is 4.75. The summed E-state index contributed by atoms with van der Waals surface area (Å²) in [6.07, 6.45) is -0.325. The fourth-order valence-electron chi connectivity index (χ4n) is 4.75. The van der Waals surface area contributed by atoms with Gasteiger partial charge in [0.15, 0.2) is 0 Å². The third kappa shape index (κ3) is 4.29. The van der Waals surface area contributed by atoms with Crippen molar-refractivity contribution in [1.29, 1.82) is 0 Å². The van der Waals surface area contributed by atoms with Crippen molar-refractivity contribution >= 4 is 22.6 Å². The second-order valence-corrected chi connectivity index (χ2v) is 8.99.